The molecule has 1 rings (SSSR count). The van der Waals surface area contributed by atoms with Crippen LogP contribution < -0.4 is 10.6 Å². The second-order valence-corrected chi connectivity index (χ2v) is 4.02. The average molecular weight is 216 g/mol. The Kier molecular flexibility index (Phi) is 3.65. The zero-order chi connectivity index (χ0) is 11.5. The largest absolute Gasteiger partial charge is 0.394 e. The number of amides is 2. The smallest absolute Gasteiger partial charge is 0.243 e. The molecule has 0 aromatic carbocycles. The third kappa shape index (κ3) is 2.90. The summed E-state index contributed by atoms with van der Waals surface area (Å²) in [5.41, 5.74) is -1.04. The van der Waals surface area contributed by atoms with E-state index in [2.05, 4.69) is 10.6 Å². The van der Waals surface area contributed by atoms with Gasteiger partial charge >= 0.3 is 0 Å². The van der Waals surface area contributed by atoms with Crippen LogP contribution in [0.25, 0.3) is 0 Å². The van der Waals surface area contributed by atoms with Gasteiger partial charge in [-0.2, -0.15) is 0 Å². The van der Waals surface area contributed by atoms with Crippen LogP contribution in [0.1, 0.15) is 19.8 Å². The Hall–Kier alpha value is -1.14. The topological polar surface area (TPSA) is 98.7 Å². The summed E-state index contributed by atoms with van der Waals surface area (Å²) in [6, 6.07) is -0.546. The van der Waals surface area contributed by atoms with Gasteiger partial charge in [-0.1, -0.05) is 0 Å². The van der Waals surface area contributed by atoms with Crippen molar-refractivity contribution in [1.82, 2.24) is 10.6 Å². The van der Waals surface area contributed by atoms with Gasteiger partial charge in [0.05, 0.1) is 18.8 Å². The van der Waals surface area contributed by atoms with Crippen molar-refractivity contribution in [2.75, 3.05) is 13.2 Å². The van der Waals surface area contributed by atoms with E-state index < -0.39 is 11.6 Å². The minimum atomic E-state index is -1.04. The van der Waals surface area contributed by atoms with Crippen molar-refractivity contribution in [2.24, 2.45) is 0 Å². The van der Waals surface area contributed by atoms with Gasteiger partial charge in [0, 0.05) is 6.42 Å². The minimum absolute atomic E-state index is 0.148. The molecule has 1 unspecified atom stereocenters. The van der Waals surface area contributed by atoms with E-state index in [-0.39, 0.29) is 25.0 Å². The molecule has 0 aliphatic carbocycles. The van der Waals surface area contributed by atoms with Gasteiger partial charge in [0.15, 0.2) is 0 Å². The SMILES string of the molecule is CC(CO)(CO)NC(=O)C1CCC(=O)N1. The van der Waals surface area contributed by atoms with Gasteiger partial charge < -0.3 is 20.8 Å². The molecule has 86 valence electrons. The molecule has 1 fully saturated rings. The second-order valence-electron chi connectivity index (χ2n) is 4.02. The van der Waals surface area contributed by atoms with Gasteiger partial charge in [-0.05, 0) is 13.3 Å². The van der Waals surface area contributed by atoms with E-state index in [0.29, 0.717) is 12.8 Å². The molecule has 0 radical (unpaired) electrons. The molecule has 4 N–H and O–H groups in total. The Morgan fingerprint density at radius 1 is 1.60 bits per heavy atom. The van der Waals surface area contributed by atoms with Crippen LogP contribution in [-0.4, -0.2) is 46.8 Å². The highest BCUT2D eigenvalue weighted by molar-refractivity contribution is 5.91. The lowest BCUT2D eigenvalue weighted by atomic mass is 10.0. The number of carbonyl (C=O) groups excluding carboxylic acids is 2. The number of aliphatic hydroxyl groups is 2. The van der Waals surface area contributed by atoms with Crippen molar-refractivity contribution in [3.63, 3.8) is 0 Å². The van der Waals surface area contributed by atoms with Crippen LogP contribution >= 0.6 is 0 Å². The number of hydrogen-bond acceptors (Lipinski definition) is 4. The minimum Gasteiger partial charge on any atom is -0.394 e. The molecule has 0 aromatic heterocycles. The van der Waals surface area contributed by atoms with E-state index in [9.17, 15) is 9.59 Å². The summed E-state index contributed by atoms with van der Waals surface area (Å²) in [5.74, 6) is -0.517. The first-order valence-electron chi connectivity index (χ1n) is 4.84. The Morgan fingerprint density at radius 2 is 2.20 bits per heavy atom. The predicted molar refractivity (Wildman–Crippen MR) is 51.9 cm³/mol. The maximum absolute atomic E-state index is 11.6. The first-order chi connectivity index (χ1) is 7.00. The molecule has 1 aliphatic heterocycles. The van der Waals surface area contributed by atoms with E-state index in [1.165, 1.54) is 6.92 Å². The molecule has 6 heteroatoms. The van der Waals surface area contributed by atoms with E-state index in [1.807, 2.05) is 0 Å². The summed E-state index contributed by atoms with van der Waals surface area (Å²) < 4.78 is 0. The molecule has 0 spiro atoms. The van der Waals surface area contributed by atoms with Crippen LogP contribution in [-0.2, 0) is 9.59 Å². The summed E-state index contributed by atoms with van der Waals surface area (Å²) >= 11 is 0. The van der Waals surface area contributed by atoms with Gasteiger partial charge in [-0.3, -0.25) is 9.59 Å². The lowest BCUT2D eigenvalue weighted by Crippen LogP contribution is -2.56. The highest BCUT2D eigenvalue weighted by Crippen LogP contribution is 2.09. The summed E-state index contributed by atoms with van der Waals surface area (Å²) in [5, 5.41) is 22.9. The lowest BCUT2D eigenvalue weighted by Gasteiger charge is -2.27. The first kappa shape index (κ1) is 11.9. The van der Waals surface area contributed by atoms with Crippen LogP contribution in [0.2, 0.25) is 0 Å². The lowest BCUT2D eigenvalue weighted by molar-refractivity contribution is -0.128. The van der Waals surface area contributed by atoms with Crippen molar-refractivity contribution < 1.29 is 19.8 Å². The zero-order valence-corrected chi connectivity index (χ0v) is 8.62. The molecular formula is C9H16N2O4. The molecule has 6 nitrogen and oxygen atoms in total. The Bertz CT molecular complexity index is 263. The second kappa shape index (κ2) is 4.59. The summed E-state index contributed by atoms with van der Waals surface area (Å²) in [7, 11) is 0. The fourth-order valence-electron chi connectivity index (χ4n) is 1.32. The van der Waals surface area contributed by atoms with Crippen LogP contribution in [0.5, 0.6) is 0 Å². The van der Waals surface area contributed by atoms with E-state index in [1.54, 1.807) is 0 Å². The number of hydrogen-bond donors (Lipinski definition) is 4. The molecule has 0 aromatic rings. The quantitative estimate of drug-likeness (QED) is 0.442. The molecule has 1 aliphatic rings. The van der Waals surface area contributed by atoms with Gasteiger partial charge in [0.25, 0.3) is 0 Å². The number of rotatable bonds is 4. The molecule has 0 saturated carbocycles. The fraction of sp³-hybridized carbons (Fsp3) is 0.778. The number of aliphatic hydroxyl groups excluding tert-OH is 2. The van der Waals surface area contributed by atoms with Crippen LogP contribution in [0.15, 0.2) is 0 Å². The number of carbonyl (C=O) groups is 2. The third-order valence-corrected chi connectivity index (χ3v) is 2.43. The Labute approximate surface area is 87.7 Å². The van der Waals surface area contributed by atoms with Crippen molar-refractivity contribution in [2.45, 2.75) is 31.3 Å². The van der Waals surface area contributed by atoms with Gasteiger partial charge in [-0.15, -0.1) is 0 Å². The molecule has 1 heterocycles. The fourth-order valence-corrected chi connectivity index (χ4v) is 1.32. The molecule has 2 amide bonds. The van der Waals surface area contributed by atoms with Gasteiger partial charge in [-0.25, -0.2) is 0 Å². The predicted octanol–water partition coefficient (Wildman–Crippen LogP) is -1.88. The zero-order valence-electron chi connectivity index (χ0n) is 8.62. The first-order valence-corrected chi connectivity index (χ1v) is 4.84. The number of nitrogens with one attached hydrogen (secondary N) is 2. The molecule has 1 atom stereocenters. The highest BCUT2D eigenvalue weighted by Gasteiger charge is 2.32. The van der Waals surface area contributed by atoms with E-state index in [4.69, 9.17) is 10.2 Å². The van der Waals surface area contributed by atoms with Gasteiger partial charge in [0.2, 0.25) is 11.8 Å². The monoisotopic (exact) mass is 216 g/mol. The summed E-state index contributed by atoms with van der Waals surface area (Å²) in [4.78, 5) is 22.4. The Balaban J connectivity index is 2.51. The van der Waals surface area contributed by atoms with Crippen molar-refractivity contribution >= 4 is 11.8 Å². The van der Waals surface area contributed by atoms with Gasteiger partial charge in [0.1, 0.15) is 6.04 Å². The Morgan fingerprint density at radius 3 is 2.60 bits per heavy atom. The van der Waals surface area contributed by atoms with Crippen LogP contribution in [0.4, 0.5) is 0 Å². The third-order valence-electron chi connectivity index (χ3n) is 2.43. The molecule has 1 saturated heterocycles. The van der Waals surface area contributed by atoms with E-state index in [0.717, 1.165) is 0 Å². The van der Waals surface area contributed by atoms with Crippen LogP contribution in [0, 0.1) is 0 Å². The van der Waals surface area contributed by atoms with Crippen molar-refractivity contribution in [3.8, 4) is 0 Å². The maximum atomic E-state index is 11.6. The molecule has 15 heavy (non-hydrogen) atoms. The maximum Gasteiger partial charge on any atom is 0.243 e. The van der Waals surface area contributed by atoms with Crippen molar-refractivity contribution in [3.05, 3.63) is 0 Å². The average Bonchev–Trinajstić information content (AvgIpc) is 2.65. The normalized spacial score (nSPS) is 21.3. The highest BCUT2D eigenvalue weighted by atomic mass is 16.3. The standard InChI is InChI=1S/C9H16N2O4/c1-9(4-12,5-13)11-8(15)6-2-3-7(14)10-6/h6,12-13H,2-5H2,1H3,(H,10,14)(H,11,15). The summed E-state index contributed by atoms with van der Waals surface area (Å²) in [6.07, 6.45) is 0.796. The van der Waals surface area contributed by atoms with Crippen molar-refractivity contribution in [1.29, 1.82) is 0 Å². The summed E-state index contributed by atoms with van der Waals surface area (Å²) in [6.45, 7) is 0.827. The molecular weight excluding hydrogens is 200 g/mol. The van der Waals surface area contributed by atoms with E-state index >= 15 is 0 Å². The molecule has 0 bridgehead atoms. The van der Waals surface area contributed by atoms with Crippen LogP contribution in [0.3, 0.4) is 0 Å².